The number of aromatic nitrogens is 4. The van der Waals surface area contributed by atoms with Crippen molar-refractivity contribution in [1.29, 1.82) is 0 Å². The third-order valence-electron chi connectivity index (χ3n) is 8.34. The summed E-state index contributed by atoms with van der Waals surface area (Å²) in [6, 6.07) is 50.1. The minimum absolute atomic E-state index is 0.847. The van der Waals surface area contributed by atoms with Gasteiger partial charge in [0.05, 0.1) is 44.7 Å². The number of nitrogens with zero attached hydrogens (tertiary/aromatic N) is 4. The fourth-order valence-electron chi connectivity index (χ4n) is 6.22. The van der Waals surface area contributed by atoms with Crippen LogP contribution in [0.15, 0.2) is 134 Å². The molecule has 0 radical (unpaired) electrons. The molecule has 0 unspecified atom stereocenters. The molecule has 0 spiro atoms. The fourth-order valence-corrected chi connectivity index (χ4v) is 6.22. The van der Waals surface area contributed by atoms with Crippen molar-refractivity contribution in [2.24, 2.45) is 0 Å². The third-order valence-corrected chi connectivity index (χ3v) is 8.34. The average Bonchev–Trinajstić information content (AvgIpc) is 3.10. The van der Waals surface area contributed by atoms with Gasteiger partial charge in [0.1, 0.15) is 0 Å². The van der Waals surface area contributed by atoms with E-state index in [1.807, 2.05) is 30.3 Å². The van der Waals surface area contributed by atoms with Crippen LogP contribution in [-0.2, 0) is 0 Å². The number of pyridine rings is 4. The minimum atomic E-state index is 0.847. The second-order valence-electron chi connectivity index (χ2n) is 10.9. The Kier molecular flexibility index (Phi) is 5.38. The second kappa shape index (κ2) is 9.69. The third kappa shape index (κ3) is 3.88. The summed E-state index contributed by atoms with van der Waals surface area (Å²) in [6.45, 7) is 0. The van der Waals surface area contributed by atoms with Crippen molar-refractivity contribution in [2.75, 3.05) is 0 Å². The van der Waals surface area contributed by atoms with Gasteiger partial charge < -0.3 is 0 Å². The molecular weight excluding hydrogens is 536 g/mol. The summed E-state index contributed by atoms with van der Waals surface area (Å²) >= 11 is 0. The largest absolute Gasteiger partial charge is 0.255 e. The van der Waals surface area contributed by atoms with E-state index in [-0.39, 0.29) is 0 Å². The van der Waals surface area contributed by atoms with Crippen LogP contribution in [0.25, 0.3) is 88.2 Å². The highest BCUT2D eigenvalue weighted by atomic mass is 14.8. The van der Waals surface area contributed by atoms with Gasteiger partial charge in [-0.3, -0.25) is 4.98 Å². The van der Waals surface area contributed by atoms with E-state index in [0.717, 1.165) is 88.2 Å². The molecular formula is C40H22N4. The Balaban J connectivity index is 1.28. The van der Waals surface area contributed by atoms with E-state index >= 15 is 0 Å². The van der Waals surface area contributed by atoms with Crippen LogP contribution < -0.4 is 0 Å². The highest BCUT2D eigenvalue weighted by Crippen LogP contribution is 2.39. The monoisotopic (exact) mass is 558 g/mol. The van der Waals surface area contributed by atoms with E-state index in [2.05, 4.69) is 114 Å². The Hall–Kier alpha value is -6.18. The molecule has 0 aliphatic heterocycles. The van der Waals surface area contributed by atoms with Gasteiger partial charge in [0.15, 0.2) is 0 Å². The standard InChI is InChI=1S/C40H22N4/c1-3-10-29-25(8-1)17-20-31-38(32-21-18-26-9-2-4-11-30(26)40(32)44-39(29)31)36-14-7-13-33(42-36)28-16-15-27-19-22-35(43-37(27)24-28)34-12-5-6-23-41-34/h1-3,5-10,12-24H. The van der Waals surface area contributed by atoms with E-state index in [0.29, 0.717) is 0 Å². The maximum absolute atomic E-state index is 5.28. The van der Waals surface area contributed by atoms with E-state index in [4.69, 9.17) is 15.0 Å². The van der Waals surface area contributed by atoms with Crippen molar-refractivity contribution in [3.63, 3.8) is 0 Å². The van der Waals surface area contributed by atoms with Crippen LogP contribution in [0.1, 0.15) is 0 Å². The molecule has 4 heteroatoms. The maximum Gasteiger partial charge on any atom is 0.0893 e. The van der Waals surface area contributed by atoms with Crippen molar-refractivity contribution < 1.29 is 0 Å². The van der Waals surface area contributed by atoms with Gasteiger partial charge in [0, 0.05) is 38.9 Å². The molecule has 0 saturated heterocycles. The molecule has 0 amide bonds. The molecule has 0 bridgehead atoms. The van der Waals surface area contributed by atoms with Crippen LogP contribution in [0, 0.1) is 12.1 Å². The van der Waals surface area contributed by atoms with E-state index in [1.54, 1.807) is 6.20 Å². The molecule has 0 aliphatic rings. The first kappa shape index (κ1) is 24.4. The molecule has 9 rings (SSSR count). The minimum Gasteiger partial charge on any atom is -0.255 e. The Bertz CT molecular complexity index is 2460. The fraction of sp³-hybridized carbons (Fsp3) is 0. The van der Waals surface area contributed by atoms with Gasteiger partial charge in [0.2, 0.25) is 0 Å². The van der Waals surface area contributed by atoms with Gasteiger partial charge in [-0.25, -0.2) is 15.0 Å². The average molecular weight is 559 g/mol. The highest BCUT2D eigenvalue weighted by Gasteiger charge is 2.17. The normalized spacial score (nSPS) is 11.5. The van der Waals surface area contributed by atoms with Crippen molar-refractivity contribution >= 4 is 54.3 Å². The van der Waals surface area contributed by atoms with Gasteiger partial charge in [-0.2, -0.15) is 0 Å². The lowest BCUT2D eigenvalue weighted by molar-refractivity contribution is 1.27. The van der Waals surface area contributed by atoms with Crippen LogP contribution in [-0.4, -0.2) is 19.9 Å². The second-order valence-corrected chi connectivity index (χ2v) is 10.9. The molecule has 4 nitrogen and oxygen atoms in total. The molecule has 0 aliphatic carbocycles. The molecule has 9 aromatic rings. The summed E-state index contributed by atoms with van der Waals surface area (Å²) in [7, 11) is 0. The Morgan fingerprint density at radius 2 is 1.27 bits per heavy atom. The predicted octanol–water partition coefficient (Wildman–Crippen LogP) is 9.63. The first-order valence-electron chi connectivity index (χ1n) is 14.6. The highest BCUT2D eigenvalue weighted by molar-refractivity contribution is 6.20. The van der Waals surface area contributed by atoms with Crippen molar-refractivity contribution in [1.82, 2.24) is 19.9 Å². The summed E-state index contributed by atoms with van der Waals surface area (Å²) < 4.78 is 0. The number of benzene rings is 4. The molecule has 202 valence electrons. The van der Waals surface area contributed by atoms with Crippen LogP contribution in [0.3, 0.4) is 0 Å². The van der Waals surface area contributed by atoms with E-state index in [9.17, 15) is 0 Å². The molecule has 0 N–H and O–H groups in total. The van der Waals surface area contributed by atoms with Crippen molar-refractivity contribution in [2.45, 2.75) is 0 Å². The van der Waals surface area contributed by atoms with Gasteiger partial charge in [-0.15, -0.1) is 0 Å². The van der Waals surface area contributed by atoms with Gasteiger partial charge in [-0.1, -0.05) is 91.0 Å². The summed E-state index contributed by atoms with van der Waals surface area (Å²) in [5.74, 6) is 0. The first-order chi connectivity index (χ1) is 21.8. The molecule has 0 saturated carbocycles. The summed E-state index contributed by atoms with van der Waals surface area (Å²) in [5.41, 5.74) is 8.31. The van der Waals surface area contributed by atoms with Crippen molar-refractivity contribution in [3.05, 3.63) is 146 Å². The van der Waals surface area contributed by atoms with E-state index in [1.165, 1.54) is 0 Å². The molecule has 0 atom stereocenters. The predicted molar refractivity (Wildman–Crippen MR) is 179 cm³/mol. The smallest absolute Gasteiger partial charge is 0.0893 e. The molecule has 0 fully saturated rings. The molecule has 44 heavy (non-hydrogen) atoms. The first-order valence-corrected chi connectivity index (χ1v) is 14.6. The lowest BCUT2D eigenvalue weighted by Gasteiger charge is -2.14. The summed E-state index contributed by atoms with van der Waals surface area (Å²) in [4.78, 5) is 20.0. The number of hydrogen-bond acceptors (Lipinski definition) is 4. The zero-order chi connectivity index (χ0) is 29.0. The molecule has 4 heterocycles. The maximum atomic E-state index is 5.28. The Morgan fingerprint density at radius 3 is 2.20 bits per heavy atom. The molecule has 5 aromatic carbocycles. The van der Waals surface area contributed by atoms with Crippen LogP contribution in [0.2, 0.25) is 0 Å². The zero-order valence-electron chi connectivity index (χ0n) is 23.5. The topological polar surface area (TPSA) is 51.6 Å². The van der Waals surface area contributed by atoms with Gasteiger partial charge >= 0.3 is 0 Å². The SMILES string of the molecule is c1ccc2ccc3c(-c4cccc(-c5ccc6ccc(-c7ccccn7)nc6c5)n4)c4ccc5ccccc5c4nc3c2c#1. The van der Waals surface area contributed by atoms with Crippen molar-refractivity contribution in [3.8, 4) is 33.9 Å². The lowest BCUT2D eigenvalue weighted by atomic mass is 9.94. The van der Waals surface area contributed by atoms with Crippen LogP contribution in [0.4, 0.5) is 0 Å². The number of rotatable bonds is 3. The van der Waals surface area contributed by atoms with Gasteiger partial charge in [0.25, 0.3) is 0 Å². The molecule has 4 aromatic heterocycles. The van der Waals surface area contributed by atoms with E-state index < -0.39 is 0 Å². The lowest BCUT2D eigenvalue weighted by Crippen LogP contribution is -1.94. The Morgan fingerprint density at radius 1 is 0.477 bits per heavy atom. The summed E-state index contributed by atoms with van der Waals surface area (Å²) in [6.07, 6.45) is 1.79. The van der Waals surface area contributed by atoms with Crippen LogP contribution >= 0.6 is 0 Å². The zero-order valence-corrected chi connectivity index (χ0v) is 23.5. The number of hydrogen-bond donors (Lipinski definition) is 0. The number of fused-ring (bicyclic) bond motifs is 7. The van der Waals surface area contributed by atoms with Gasteiger partial charge in [-0.05, 0) is 59.3 Å². The summed E-state index contributed by atoms with van der Waals surface area (Å²) in [5, 5.41) is 7.50. The van der Waals surface area contributed by atoms with Crippen LogP contribution in [0.5, 0.6) is 0 Å². The quantitative estimate of drug-likeness (QED) is 0.160. The Labute approximate surface area is 253 Å².